The number of hydrogen-bond donors (Lipinski definition) is 3. The monoisotopic (exact) mass is 509 g/mol. The Labute approximate surface area is 202 Å². The third-order valence-corrected chi connectivity index (χ3v) is 6.72. The molecule has 3 aromatic carbocycles. The summed E-state index contributed by atoms with van der Waals surface area (Å²) in [5.74, 6) is 0.000400. The average Bonchev–Trinajstić information content (AvgIpc) is 3.16. The van der Waals surface area contributed by atoms with Crippen LogP contribution in [0.4, 0.5) is 4.79 Å². The molecule has 2 atom stereocenters. The van der Waals surface area contributed by atoms with E-state index in [2.05, 4.69) is 45.5 Å². The minimum absolute atomic E-state index is 0.000400. The van der Waals surface area contributed by atoms with Crippen molar-refractivity contribution in [2.24, 2.45) is 0 Å². The van der Waals surface area contributed by atoms with Crippen molar-refractivity contribution >= 4 is 22.0 Å². The summed E-state index contributed by atoms with van der Waals surface area (Å²) in [6, 6.07) is 22.0. The Morgan fingerprint density at radius 3 is 2.30 bits per heavy atom. The number of ether oxygens (including phenoxy) is 1. The zero-order chi connectivity index (χ0) is 23.4. The molecular formula is C27H28BrNO4. The number of nitrogens with one attached hydrogen (secondary N) is 1. The molecule has 0 spiro atoms. The lowest BCUT2D eigenvalue weighted by molar-refractivity contribution is 0.0132. The Hall–Kier alpha value is -2.67. The van der Waals surface area contributed by atoms with E-state index in [1.807, 2.05) is 49.4 Å². The van der Waals surface area contributed by atoms with Crippen LogP contribution in [0.5, 0.6) is 0 Å². The Balaban J connectivity index is 1.29. The van der Waals surface area contributed by atoms with Crippen molar-refractivity contribution in [3.05, 3.63) is 93.5 Å². The molecule has 172 valence electrons. The lowest BCUT2D eigenvalue weighted by atomic mass is 9.96. The summed E-state index contributed by atoms with van der Waals surface area (Å²) in [5, 5.41) is 23.7. The minimum atomic E-state index is -1.02. The van der Waals surface area contributed by atoms with E-state index in [4.69, 9.17) is 4.74 Å². The predicted octanol–water partition coefficient (Wildman–Crippen LogP) is 5.33. The lowest BCUT2D eigenvalue weighted by Gasteiger charge is -2.21. The molecule has 1 aliphatic carbocycles. The molecule has 3 aromatic rings. The van der Waals surface area contributed by atoms with Gasteiger partial charge in [-0.05, 0) is 58.4 Å². The number of carbonyl (C=O) groups excluding carboxylic acids is 1. The summed E-state index contributed by atoms with van der Waals surface area (Å²) in [7, 11) is 0. The van der Waals surface area contributed by atoms with E-state index in [0.717, 1.165) is 27.6 Å². The van der Waals surface area contributed by atoms with E-state index >= 15 is 0 Å². The number of hydrogen-bond acceptors (Lipinski definition) is 4. The SMILES string of the molecule is CCc1cc(Br)ccc1C(O)C(O)CCNC(=O)OCC1c2ccccc2-c2ccccc21. The summed E-state index contributed by atoms with van der Waals surface area (Å²) < 4.78 is 6.45. The number of alkyl carbamates (subject to hydrolysis) is 1. The molecule has 5 nitrogen and oxygen atoms in total. The van der Waals surface area contributed by atoms with Crippen LogP contribution in [0.25, 0.3) is 11.1 Å². The molecule has 0 saturated carbocycles. The van der Waals surface area contributed by atoms with E-state index in [0.29, 0.717) is 5.56 Å². The van der Waals surface area contributed by atoms with Gasteiger partial charge in [-0.1, -0.05) is 77.5 Å². The third kappa shape index (κ3) is 5.13. The number of aliphatic hydroxyl groups excluding tert-OH is 2. The number of amides is 1. The molecule has 0 fully saturated rings. The Morgan fingerprint density at radius 2 is 1.67 bits per heavy atom. The molecule has 4 rings (SSSR count). The molecule has 0 heterocycles. The summed E-state index contributed by atoms with van der Waals surface area (Å²) in [6.45, 7) is 2.44. The van der Waals surface area contributed by atoms with E-state index in [1.165, 1.54) is 11.1 Å². The van der Waals surface area contributed by atoms with Crippen LogP contribution in [0.2, 0.25) is 0 Å². The van der Waals surface area contributed by atoms with Crippen molar-refractivity contribution < 1.29 is 19.7 Å². The van der Waals surface area contributed by atoms with Gasteiger partial charge < -0.3 is 20.3 Å². The van der Waals surface area contributed by atoms with Crippen molar-refractivity contribution in [1.82, 2.24) is 5.32 Å². The topological polar surface area (TPSA) is 78.8 Å². The van der Waals surface area contributed by atoms with Crippen LogP contribution in [0, 0.1) is 0 Å². The summed E-state index contributed by atoms with van der Waals surface area (Å²) >= 11 is 3.43. The van der Waals surface area contributed by atoms with Crippen LogP contribution in [0.15, 0.2) is 71.2 Å². The van der Waals surface area contributed by atoms with Gasteiger partial charge in [0.15, 0.2) is 0 Å². The molecule has 1 amide bonds. The van der Waals surface area contributed by atoms with Gasteiger partial charge >= 0.3 is 6.09 Å². The van der Waals surface area contributed by atoms with Crippen molar-refractivity contribution in [3.63, 3.8) is 0 Å². The fourth-order valence-electron chi connectivity index (χ4n) is 4.51. The number of benzene rings is 3. The molecule has 6 heteroatoms. The zero-order valence-electron chi connectivity index (χ0n) is 18.5. The maximum absolute atomic E-state index is 12.3. The summed E-state index contributed by atoms with van der Waals surface area (Å²) in [5.41, 5.74) is 6.35. The van der Waals surface area contributed by atoms with Crippen LogP contribution in [-0.2, 0) is 11.2 Å². The van der Waals surface area contributed by atoms with Crippen LogP contribution in [-0.4, -0.2) is 35.6 Å². The van der Waals surface area contributed by atoms with E-state index in [-0.39, 0.29) is 25.5 Å². The number of halogens is 1. The van der Waals surface area contributed by atoms with Gasteiger partial charge in [-0.2, -0.15) is 0 Å². The van der Waals surface area contributed by atoms with Crippen molar-refractivity contribution in [2.75, 3.05) is 13.2 Å². The summed E-state index contributed by atoms with van der Waals surface area (Å²) in [6.07, 6.45) is -1.58. The molecule has 2 unspecified atom stereocenters. The second kappa shape index (κ2) is 10.5. The van der Waals surface area contributed by atoms with Gasteiger partial charge in [-0.25, -0.2) is 4.79 Å². The Bertz CT molecular complexity index is 1090. The van der Waals surface area contributed by atoms with Gasteiger partial charge in [0.25, 0.3) is 0 Å². The standard InChI is InChI=1S/C27H28BrNO4/c1-2-17-15-18(28)11-12-19(17)26(31)25(30)13-14-29-27(32)33-16-24-22-9-5-3-7-20(22)21-8-4-6-10-23(21)24/h3-12,15,24-26,30-31H,2,13-14,16H2,1H3,(H,29,32). The highest BCUT2D eigenvalue weighted by atomic mass is 79.9. The largest absolute Gasteiger partial charge is 0.449 e. The Kier molecular flexibility index (Phi) is 7.48. The number of aliphatic hydroxyl groups is 2. The molecule has 0 saturated heterocycles. The van der Waals surface area contributed by atoms with Gasteiger partial charge in [0, 0.05) is 16.9 Å². The molecule has 0 aromatic heterocycles. The second-order valence-electron chi connectivity index (χ2n) is 8.25. The number of rotatable bonds is 8. The predicted molar refractivity (Wildman–Crippen MR) is 132 cm³/mol. The molecule has 0 aliphatic heterocycles. The normalized spacial score (nSPS) is 14.3. The summed E-state index contributed by atoms with van der Waals surface area (Å²) in [4.78, 5) is 12.3. The smallest absolute Gasteiger partial charge is 0.407 e. The first-order chi connectivity index (χ1) is 16.0. The van der Waals surface area contributed by atoms with E-state index in [9.17, 15) is 15.0 Å². The van der Waals surface area contributed by atoms with E-state index in [1.54, 1.807) is 0 Å². The maximum Gasteiger partial charge on any atom is 0.407 e. The fourth-order valence-corrected chi connectivity index (χ4v) is 4.91. The number of carbonyl (C=O) groups is 1. The fraction of sp³-hybridized carbons (Fsp3) is 0.296. The van der Waals surface area contributed by atoms with Crippen LogP contribution in [0.3, 0.4) is 0 Å². The second-order valence-corrected chi connectivity index (χ2v) is 9.17. The third-order valence-electron chi connectivity index (χ3n) is 6.22. The highest BCUT2D eigenvalue weighted by Crippen LogP contribution is 2.44. The first-order valence-electron chi connectivity index (χ1n) is 11.2. The molecule has 1 aliphatic rings. The average molecular weight is 510 g/mol. The van der Waals surface area contributed by atoms with Crippen LogP contribution < -0.4 is 5.32 Å². The number of fused-ring (bicyclic) bond motifs is 3. The van der Waals surface area contributed by atoms with Gasteiger partial charge in [0.05, 0.1) is 6.10 Å². The first kappa shape index (κ1) is 23.5. The molecule has 3 N–H and O–H groups in total. The van der Waals surface area contributed by atoms with Gasteiger partial charge in [0.2, 0.25) is 0 Å². The van der Waals surface area contributed by atoms with Gasteiger partial charge in [-0.3, -0.25) is 0 Å². The zero-order valence-corrected chi connectivity index (χ0v) is 20.1. The lowest BCUT2D eigenvalue weighted by Crippen LogP contribution is -2.31. The quantitative estimate of drug-likeness (QED) is 0.383. The van der Waals surface area contributed by atoms with Crippen molar-refractivity contribution in [1.29, 1.82) is 0 Å². The van der Waals surface area contributed by atoms with Gasteiger partial charge in [-0.15, -0.1) is 0 Å². The highest BCUT2D eigenvalue weighted by molar-refractivity contribution is 9.10. The van der Waals surface area contributed by atoms with Crippen LogP contribution in [0.1, 0.15) is 47.6 Å². The van der Waals surface area contributed by atoms with Crippen molar-refractivity contribution in [3.8, 4) is 11.1 Å². The van der Waals surface area contributed by atoms with Crippen LogP contribution >= 0.6 is 15.9 Å². The minimum Gasteiger partial charge on any atom is -0.449 e. The van der Waals surface area contributed by atoms with Gasteiger partial charge in [0.1, 0.15) is 12.7 Å². The number of aryl methyl sites for hydroxylation is 1. The van der Waals surface area contributed by atoms with E-state index < -0.39 is 18.3 Å². The first-order valence-corrected chi connectivity index (χ1v) is 12.0. The molecule has 33 heavy (non-hydrogen) atoms. The van der Waals surface area contributed by atoms with Crippen molar-refractivity contribution in [2.45, 2.75) is 37.9 Å². The highest BCUT2D eigenvalue weighted by Gasteiger charge is 2.29. The molecular weight excluding hydrogens is 482 g/mol. The molecule has 0 radical (unpaired) electrons. The Morgan fingerprint density at radius 1 is 1.03 bits per heavy atom. The molecule has 0 bridgehead atoms. The maximum atomic E-state index is 12.3.